The summed E-state index contributed by atoms with van der Waals surface area (Å²) in [5.74, 6) is 0.633. The summed E-state index contributed by atoms with van der Waals surface area (Å²) < 4.78 is 5.54. The number of amides is 2. The second-order valence-electron chi connectivity index (χ2n) is 5.36. The highest BCUT2D eigenvalue weighted by atomic mass is 16.5. The topological polar surface area (TPSA) is 73.6 Å². The summed E-state index contributed by atoms with van der Waals surface area (Å²) in [5.41, 5.74) is 0. The molecule has 6 nitrogen and oxygen atoms in total. The van der Waals surface area contributed by atoms with Crippen LogP contribution in [0.3, 0.4) is 0 Å². The third-order valence-electron chi connectivity index (χ3n) is 3.76. The summed E-state index contributed by atoms with van der Waals surface area (Å²) >= 11 is 0. The highest BCUT2D eigenvalue weighted by Gasteiger charge is 2.21. The molecule has 1 heterocycles. The lowest BCUT2D eigenvalue weighted by Crippen LogP contribution is -2.37. The van der Waals surface area contributed by atoms with Crippen LogP contribution in [0.15, 0.2) is 30.3 Å². The monoisotopic (exact) mass is 315 g/mol. The molecular formula is C17H21N3O3. The van der Waals surface area contributed by atoms with Crippen LogP contribution in [-0.2, 0) is 9.59 Å². The van der Waals surface area contributed by atoms with Crippen molar-refractivity contribution < 1.29 is 14.3 Å². The molecule has 2 rings (SSSR count). The Hall–Kier alpha value is -2.55. The maximum atomic E-state index is 12.2. The second-order valence-corrected chi connectivity index (χ2v) is 5.36. The highest BCUT2D eigenvalue weighted by molar-refractivity contribution is 5.79. The van der Waals surface area contributed by atoms with Crippen LogP contribution in [0.5, 0.6) is 5.75 Å². The standard InChI is InChI=1S/C17H21N3O3/c18-9-7-16(21)19-10-4-11-20(13-12-19)17(22)8-14-23-15-5-2-1-3-6-15/h1-3,5-6H,4,7-8,10-14H2. The van der Waals surface area contributed by atoms with Gasteiger partial charge in [0.25, 0.3) is 0 Å². The zero-order valence-electron chi connectivity index (χ0n) is 13.1. The number of rotatable bonds is 5. The number of ether oxygens (including phenoxy) is 1. The van der Waals surface area contributed by atoms with Crippen molar-refractivity contribution in [2.24, 2.45) is 0 Å². The largest absolute Gasteiger partial charge is 0.493 e. The predicted octanol–water partition coefficient (Wildman–Crippen LogP) is 1.43. The molecule has 0 atom stereocenters. The van der Waals surface area contributed by atoms with E-state index in [2.05, 4.69) is 0 Å². The van der Waals surface area contributed by atoms with Gasteiger partial charge in [0.05, 0.1) is 19.1 Å². The third kappa shape index (κ3) is 5.29. The first kappa shape index (κ1) is 16.8. The maximum absolute atomic E-state index is 12.2. The molecule has 0 aliphatic carbocycles. The minimum atomic E-state index is -0.158. The van der Waals surface area contributed by atoms with Gasteiger partial charge in [0.1, 0.15) is 12.2 Å². The summed E-state index contributed by atoms with van der Waals surface area (Å²) in [5, 5.41) is 8.59. The molecule has 0 aromatic heterocycles. The fourth-order valence-corrected chi connectivity index (χ4v) is 2.53. The van der Waals surface area contributed by atoms with Gasteiger partial charge in [0.2, 0.25) is 11.8 Å². The van der Waals surface area contributed by atoms with Gasteiger partial charge in [-0.1, -0.05) is 18.2 Å². The Labute approximate surface area is 136 Å². The fourth-order valence-electron chi connectivity index (χ4n) is 2.53. The molecule has 0 radical (unpaired) electrons. The molecule has 0 unspecified atom stereocenters. The van der Waals surface area contributed by atoms with Crippen LogP contribution in [0.4, 0.5) is 0 Å². The van der Waals surface area contributed by atoms with Gasteiger partial charge in [-0.25, -0.2) is 0 Å². The number of nitrogens with zero attached hydrogens (tertiary/aromatic N) is 3. The Bertz CT molecular complexity index is 568. The SMILES string of the molecule is N#CCC(=O)N1CCCN(C(=O)CCOc2ccccc2)CC1. The van der Waals surface area contributed by atoms with E-state index in [1.165, 1.54) is 0 Å². The molecule has 1 fully saturated rings. The molecular weight excluding hydrogens is 294 g/mol. The van der Waals surface area contributed by atoms with E-state index in [0.29, 0.717) is 39.2 Å². The van der Waals surface area contributed by atoms with Crippen LogP contribution < -0.4 is 4.74 Å². The normalized spacial score (nSPS) is 14.7. The molecule has 2 amide bonds. The minimum absolute atomic E-state index is 0.0375. The first-order valence-electron chi connectivity index (χ1n) is 7.81. The zero-order valence-corrected chi connectivity index (χ0v) is 13.1. The summed E-state index contributed by atoms with van der Waals surface area (Å²) in [6.07, 6.45) is 0.961. The van der Waals surface area contributed by atoms with E-state index in [9.17, 15) is 9.59 Å². The average molecular weight is 315 g/mol. The number of hydrogen-bond donors (Lipinski definition) is 0. The van der Waals surface area contributed by atoms with Crippen LogP contribution >= 0.6 is 0 Å². The Balaban J connectivity index is 1.75. The fraction of sp³-hybridized carbons (Fsp3) is 0.471. The smallest absolute Gasteiger partial charge is 0.236 e. The third-order valence-corrected chi connectivity index (χ3v) is 3.76. The van der Waals surface area contributed by atoms with Gasteiger partial charge in [-0.05, 0) is 18.6 Å². The first-order chi connectivity index (χ1) is 11.2. The van der Waals surface area contributed by atoms with Crippen molar-refractivity contribution in [3.8, 4) is 11.8 Å². The maximum Gasteiger partial charge on any atom is 0.236 e. The number of hydrogen-bond acceptors (Lipinski definition) is 4. The number of carbonyl (C=O) groups excluding carboxylic acids is 2. The van der Waals surface area contributed by atoms with Crippen LogP contribution in [0.25, 0.3) is 0 Å². The average Bonchev–Trinajstić information content (AvgIpc) is 2.82. The van der Waals surface area contributed by atoms with E-state index >= 15 is 0 Å². The molecule has 1 aromatic carbocycles. The first-order valence-corrected chi connectivity index (χ1v) is 7.81. The number of carbonyl (C=O) groups is 2. The van der Waals surface area contributed by atoms with Crippen molar-refractivity contribution in [2.45, 2.75) is 19.3 Å². The molecule has 1 saturated heterocycles. The number of para-hydroxylation sites is 1. The van der Waals surface area contributed by atoms with Crippen molar-refractivity contribution in [2.75, 3.05) is 32.8 Å². The Morgan fingerprint density at radius 2 is 1.70 bits per heavy atom. The second kappa shape index (κ2) is 8.79. The van der Waals surface area contributed by atoms with Crippen molar-refractivity contribution in [1.82, 2.24) is 9.80 Å². The van der Waals surface area contributed by atoms with Gasteiger partial charge in [0.15, 0.2) is 0 Å². The molecule has 0 spiro atoms. The van der Waals surface area contributed by atoms with Gasteiger partial charge >= 0.3 is 0 Å². The molecule has 23 heavy (non-hydrogen) atoms. The van der Waals surface area contributed by atoms with Crippen molar-refractivity contribution in [1.29, 1.82) is 5.26 Å². The van der Waals surface area contributed by atoms with Crippen molar-refractivity contribution in [3.05, 3.63) is 30.3 Å². The summed E-state index contributed by atoms with van der Waals surface area (Å²) in [7, 11) is 0. The van der Waals surface area contributed by atoms with Crippen molar-refractivity contribution in [3.63, 3.8) is 0 Å². The van der Waals surface area contributed by atoms with Crippen LogP contribution in [0.2, 0.25) is 0 Å². The molecule has 122 valence electrons. The molecule has 0 saturated carbocycles. The summed E-state index contributed by atoms with van der Waals surface area (Å²) in [6, 6.07) is 11.3. The lowest BCUT2D eigenvalue weighted by atomic mass is 10.3. The molecule has 6 heteroatoms. The Morgan fingerprint density at radius 1 is 1.04 bits per heavy atom. The summed E-state index contributed by atoms with van der Waals surface area (Å²) in [4.78, 5) is 27.4. The Kier molecular flexibility index (Phi) is 6.42. The van der Waals surface area contributed by atoms with E-state index in [-0.39, 0.29) is 18.2 Å². The van der Waals surface area contributed by atoms with E-state index < -0.39 is 0 Å². The molecule has 1 aromatic rings. The zero-order chi connectivity index (χ0) is 16.5. The van der Waals surface area contributed by atoms with Crippen LogP contribution in [0.1, 0.15) is 19.3 Å². The summed E-state index contributed by atoms with van der Waals surface area (Å²) in [6.45, 7) is 2.59. The van der Waals surface area contributed by atoms with E-state index in [0.717, 1.165) is 12.2 Å². The Morgan fingerprint density at radius 3 is 2.35 bits per heavy atom. The van der Waals surface area contributed by atoms with Crippen LogP contribution in [-0.4, -0.2) is 54.4 Å². The van der Waals surface area contributed by atoms with E-state index in [1.54, 1.807) is 9.80 Å². The van der Waals surface area contributed by atoms with Crippen molar-refractivity contribution >= 4 is 11.8 Å². The van der Waals surface area contributed by atoms with E-state index in [1.807, 2.05) is 36.4 Å². The quantitative estimate of drug-likeness (QED) is 0.824. The van der Waals surface area contributed by atoms with Crippen LogP contribution in [0, 0.1) is 11.3 Å². The van der Waals surface area contributed by atoms with Gasteiger partial charge < -0.3 is 14.5 Å². The van der Waals surface area contributed by atoms with Gasteiger partial charge in [-0.2, -0.15) is 5.26 Å². The highest BCUT2D eigenvalue weighted by Crippen LogP contribution is 2.10. The minimum Gasteiger partial charge on any atom is -0.493 e. The van der Waals surface area contributed by atoms with E-state index in [4.69, 9.17) is 10.00 Å². The van der Waals surface area contributed by atoms with Gasteiger partial charge in [0, 0.05) is 26.2 Å². The predicted molar refractivity (Wildman–Crippen MR) is 84.6 cm³/mol. The molecule has 0 N–H and O–H groups in total. The number of nitriles is 1. The molecule has 1 aliphatic heterocycles. The molecule has 1 aliphatic rings. The van der Waals surface area contributed by atoms with Gasteiger partial charge in [-0.3, -0.25) is 9.59 Å². The lowest BCUT2D eigenvalue weighted by molar-refractivity contribution is -0.133. The molecule has 0 bridgehead atoms. The lowest BCUT2D eigenvalue weighted by Gasteiger charge is -2.21. The number of benzene rings is 1. The van der Waals surface area contributed by atoms with Gasteiger partial charge in [-0.15, -0.1) is 0 Å².